The van der Waals surface area contributed by atoms with Gasteiger partial charge in [0.25, 0.3) is 5.56 Å². The van der Waals surface area contributed by atoms with Crippen LogP contribution >= 0.6 is 11.6 Å². The first kappa shape index (κ1) is 17.4. The molecule has 1 N–H and O–H groups in total. The lowest BCUT2D eigenvalue weighted by Gasteiger charge is -2.36. The molecule has 0 amide bonds. The average Bonchev–Trinajstić information content (AvgIpc) is 3.11. The number of benzene rings is 1. The summed E-state index contributed by atoms with van der Waals surface area (Å²) in [4.78, 5) is 19.9. The maximum Gasteiger partial charge on any atom is 0.251 e. The van der Waals surface area contributed by atoms with E-state index < -0.39 is 0 Å². The van der Waals surface area contributed by atoms with Crippen LogP contribution in [0.15, 0.2) is 41.2 Å². The van der Waals surface area contributed by atoms with Crippen molar-refractivity contribution in [2.45, 2.75) is 31.8 Å². The van der Waals surface area contributed by atoms with E-state index in [1.54, 1.807) is 6.07 Å². The molecule has 2 fully saturated rings. The van der Waals surface area contributed by atoms with E-state index in [9.17, 15) is 4.79 Å². The molecular weight excluding hydrogens is 350 g/mol. The summed E-state index contributed by atoms with van der Waals surface area (Å²) in [6.07, 6.45) is 2.15. The van der Waals surface area contributed by atoms with Gasteiger partial charge in [0.2, 0.25) is 0 Å². The minimum absolute atomic E-state index is 0.0621. The number of nitrogens with zero attached hydrogens (tertiary/aromatic N) is 2. The van der Waals surface area contributed by atoms with Gasteiger partial charge in [-0.3, -0.25) is 4.79 Å². The number of rotatable bonds is 3. The highest BCUT2D eigenvalue weighted by Crippen LogP contribution is 2.36. The SMILES string of the molecule is C[C@@H]1COCCN1c1cc(N2CCC[C@H]2c2cccc(Cl)c2)[nH]c(=O)c1. The summed E-state index contributed by atoms with van der Waals surface area (Å²) < 4.78 is 5.53. The first-order valence-corrected chi connectivity index (χ1v) is 9.60. The van der Waals surface area contributed by atoms with Crippen molar-refractivity contribution in [2.24, 2.45) is 0 Å². The minimum atomic E-state index is -0.0621. The van der Waals surface area contributed by atoms with Crippen molar-refractivity contribution in [1.29, 1.82) is 0 Å². The van der Waals surface area contributed by atoms with Gasteiger partial charge in [-0.15, -0.1) is 0 Å². The highest BCUT2D eigenvalue weighted by atomic mass is 35.5. The maximum atomic E-state index is 12.4. The molecule has 0 unspecified atom stereocenters. The van der Waals surface area contributed by atoms with E-state index in [4.69, 9.17) is 16.3 Å². The van der Waals surface area contributed by atoms with Gasteiger partial charge in [0.15, 0.2) is 0 Å². The van der Waals surface area contributed by atoms with Crippen LogP contribution in [0.5, 0.6) is 0 Å². The highest BCUT2D eigenvalue weighted by molar-refractivity contribution is 6.30. The molecule has 0 spiro atoms. The molecule has 4 rings (SSSR count). The Kier molecular flexibility index (Phi) is 4.92. The Balaban J connectivity index is 1.67. The van der Waals surface area contributed by atoms with Crippen LogP contribution in [0.4, 0.5) is 11.5 Å². The average molecular weight is 374 g/mol. The number of pyridine rings is 1. The van der Waals surface area contributed by atoms with Gasteiger partial charge in [0.1, 0.15) is 5.82 Å². The lowest BCUT2D eigenvalue weighted by atomic mass is 10.0. The topological polar surface area (TPSA) is 48.6 Å². The maximum absolute atomic E-state index is 12.4. The van der Waals surface area contributed by atoms with Crippen molar-refractivity contribution in [3.63, 3.8) is 0 Å². The minimum Gasteiger partial charge on any atom is -0.377 e. The number of H-pyrrole nitrogens is 1. The van der Waals surface area contributed by atoms with E-state index in [1.807, 2.05) is 18.2 Å². The van der Waals surface area contributed by atoms with Crippen LogP contribution < -0.4 is 15.4 Å². The normalized spacial score (nSPS) is 23.5. The number of halogens is 1. The van der Waals surface area contributed by atoms with Crippen LogP contribution in [0, 0.1) is 0 Å². The molecular formula is C20H24ClN3O2. The number of aromatic amines is 1. The zero-order chi connectivity index (χ0) is 18.1. The third-order valence-electron chi connectivity index (χ3n) is 5.31. The molecule has 2 atom stereocenters. The van der Waals surface area contributed by atoms with Gasteiger partial charge in [-0.25, -0.2) is 0 Å². The molecule has 0 bridgehead atoms. The number of aromatic nitrogens is 1. The molecule has 2 aliphatic heterocycles. The Morgan fingerprint density at radius 1 is 1.19 bits per heavy atom. The molecule has 0 aliphatic carbocycles. The molecule has 26 heavy (non-hydrogen) atoms. The number of ether oxygens (including phenoxy) is 1. The van der Waals surface area contributed by atoms with Crippen LogP contribution in [0.2, 0.25) is 5.02 Å². The summed E-state index contributed by atoms with van der Waals surface area (Å²) in [7, 11) is 0. The fourth-order valence-electron chi connectivity index (χ4n) is 4.06. The molecule has 138 valence electrons. The molecule has 6 heteroatoms. The monoisotopic (exact) mass is 373 g/mol. The van der Waals surface area contributed by atoms with Gasteiger partial charge in [-0.2, -0.15) is 0 Å². The molecule has 2 saturated heterocycles. The number of hydrogen-bond acceptors (Lipinski definition) is 4. The second kappa shape index (κ2) is 7.33. The summed E-state index contributed by atoms with van der Waals surface area (Å²) in [5.74, 6) is 0.883. The second-order valence-electron chi connectivity index (χ2n) is 7.11. The van der Waals surface area contributed by atoms with Crippen molar-refractivity contribution in [2.75, 3.05) is 36.1 Å². The quantitative estimate of drug-likeness (QED) is 0.893. The molecule has 1 aromatic heterocycles. The molecule has 3 heterocycles. The number of nitrogens with one attached hydrogen (secondary N) is 1. The van der Waals surface area contributed by atoms with E-state index in [-0.39, 0.29) is 17.6 Å². The predicted octanol–water partition coefficient (Wildman–Crippen LogP) is 3.59. The van der Waals surface area contributed by atoms with Crippen LogP contribution in [0.1, 0.15) is 31.4 Å². The standard InChI is InChI=1S/C20H24ClN3O2/c1-14-13-26-9-8-23(14)17-11-19(22-20(25)12-17)24-7-3-6-18(24)15-4-2-5-16(21)10-15/h2,4-5,10-12,14,18H,3,6-9,13H2,1H3,(H,22,25)/t14-,18+/m1/s1. The fourth-order valence-corrected chi connectivity index (χ4v) is 4.26. The van der Waals surface area contributed by atoms with Gasteiger partial charge in [0, 0.05) is 42.0 Å². The Hall–Kier alpha value is -1.98. The zero-order valence-corrected chi connectivity index (χ0v) is 15.7. The van der Waals surface area contributed by atoms with Crippen LogP contribution in [0.3, 0.4) is 0 Å². The third-order valence-corrected chi connectivity index (χ3v) is 5.54. The van der Waals surface area contributed by atoms with E-state index in [0.29, 0.717) is 13.2 Å². The Bertz CT molecular complexity index is 838. The van der Waals surface area contributed by atoms with Gasteiger partial charge < -0.3 is 19.5 Å². The molecule has 2 aromatic rings. The van der Waals surface area contributed by atoms with E-state index in [0.717, 1.165) is 42.5 Å². The van der Waals surface area contributed by atoms with Gasteiger partial charge in [-0.05, 0) is 37.5 Å². The smallest absolute Gasteiger partial charge is 0.251 e. The lowest BCUT2D eigenvalue weighted by molar-refractivity contribution is 0.0989. The second-order valence-corrected chi connectivity index (χ2v) is 7.55. The van der Waals surface area contributed by atoms with E-state index in [1.165, 1.54) is 5.56 Å². The van der Waals surface area contributed by atoms with Crippen LogP contribution in [0.25, 0.3) is 0 Å². The Labute approximate surface area is 158 Å². The van der Waals surface area contributed by atoms with Crippen molar-refractivity contribution in [3.05, 3.63) is 57.3 Å². The molecule has 5 nitrogen and oxygen atoms in total. The number of morpholine rings is 1. The summed E-state index contributed by atoms with van der Waals surface area (Å²) in [6, 6.07) is 12.3. The lowest BCUT2D eigenvalue weighted by Crippen LogP contribution is -2.44. The Morgan fingerprint density at radius 3 is 2.88 bits per heavy atom. The first-order chi connectivity index (χ1) is 12.6. The summed E-state index contributed by atoms with van der Waals surface area (Å²) in [5, 5.41) is 0.749. The molecule has 2 aliphatic rings. The van der Waals surface area contributed by atoms with Crippen LogP contribution in [-0.2, 0) is 4.74 Å². The van der Waals surface area contributed by atoms with Gasteiger partial charge in [0.05, 0.1) is 19.3 Å². The fraction of sp³-hybridized carbons (Fsp3) is 0.450. The van der Waals surface area contributed by atoms with Gasteiger partial charge in [-0.1, -0.05) is 23.7 Å². The molecule has 0 radical (unpaired) electrons. The van der Waals surface area contributed by atoms with Crippen molar-refractivity contribution < 1.29 is 4.74 Å². The van der Waals surface area contributed by atoms with Crippen LogP contribution in [-0.4, -0.2) is 37.3 Å². The van der Waals surface area contributed by atoms with Crippen molar-refractivity contribution >= 4 is 23.1 Å². The number of anilines is 2. The number of hydrogen-bond donors (Lipinski definition) is 1. The highest BCUT2D eigenvalue weighted by Gasteiger charge is 2.28. The van der Waals surface area contributed by atoms with Crippen molar-refractivity contribution in [1.82, 2.24) is 4.98 Å². The summed E-state index contributed by atoms with van der Waals surface area (Å²) in [6.45, 7) is 5.25. The summed E-state index contributed by atoms with van der Waals surface area (Å²) in [5.41, 5.74) is 2.10. The molecule has 1 aromatic carbocycles. The third kappa shape index (κ3) is 3.46. The largest absolute Gasteiger partial charge is 0.377 e. The van der Waals surface area contributed by atoms with E-state index >= 15 is 0 Å². The predicted molar refractivity (Wildman–Crippen MR) is 105 cm³/mol. The zero-order valence-electron chi connectivity index (χ0n) is 15.0. The van der Waals surface area contributed by atoms with Crippen molar-refractivity contribution in [3.8, 4) is 0 Å². The first-order valence-electron chi connectivity index (χ1n) is 9.23. The molecule has 0 saturated carbocycles. The Morgan fingerprint density at radius 2 is 2.08 bits per heavy atom. The van der Waals surface area contributed by atoms with E-state index in [2.05, 4.69) is 33.8 Å². The summed E-state index contributed by atoms with van der Waals surface area (Å²) >= 11 is 6.19. The van der Waals surface area contributed by atoms with Gasteiger partial charge >= 0.3 is 0 Å².